The maximum Gasteiger partial charge on any atom is 0.182 e. The Balaban J connectivity index is 2.19. The van der Waals surface area contributed by atoms with Crippen LogP contribution in [0.1, 0.15) is 5.56 Å². The molecule has 3 aromatic rings. The van der Waals surface area contributed by atoms with Crippen molar-refractivity contribution in [2.24, 2.45) is 0 Å². The zero-order valence-corrected chi connectivity index (χ0v) is 9.56. The first-order valence-electron chi connectivity index (χ1n) is 5.41. The molecule has 0 unspecified atom stereocenters. The number of fused-ring (bicyclic) bond motifs is 1. The largest absolute Gasteiger partial charge is 0.220 e. The zero-order chi connectivity index (χ0) is 12.7. The van der Waals surface area contributed by atoms with Gasteiger partial charge in [-0.25, -0.2) is 18.3 Å². The quantitative estimate of drug-likeness (QED) is 0.659. The first-order chi connectivity index (χ1) is 8.61. The lowest BCUT2D eigenvalue weighted by Crippen LogP contribution is -1.88. The van der Waals surface area contributed by atoms with Crippen molar-refractivity contribution in [1.29, 1.82) is 0 Å². The Kier molecular flexibility index (Phi) is 2.33. The van der Waals surface area contributed by atoms with Gasteiger partial charge in [-0.1, -0.05) is 6.07 Å². The number of hydrogen-bond donors (Lipinski definition) is 0. The van der Waals surface area contributed by atoms with E-state index < -0.39 is 11.6 Å². The average molecular weight is 245 g/mol. The van der Waals surface area contributed by atoms with Gasteiger partial charge in [0.05, 0.1) is 0 Å². The normalized spacial score (nSPS) is 11.1. The Morgan fingerprint density at radius 3 is 2.50 bits per heavy atom. The molecule has 0 amide bonds. The van der Waals surface area contributed by atoms with Crippen LogP contribution >= 0.6 is 0 Å². The van der Waals surface area contributed by atoms with Crippen LogP contribution in [-0.4, -0.2) is 14.6 Å². The molecule has 0 saturated heterocycles. The molecule has 0 spiro atoms. The molecule has 0 saturated carbocycles. The highest BCUT2D eigenvalue weighted by Crippen LogP contribution is 2.19. The van der Waals surface area contributed by atoms with E-state index in [1.54, 1.807) is 4.52 Å². The van der Waals surface area contributed by atoms with Crippen molar-refractivity contribution in [3.05, 3.63) is 53.7 Å². The molecule has 3 rings (SSSR count). The van der Waals surface area contributed by atoms with Gasteiger partial charge in [-0.05, 0) is 30.7 Å². The molecule has 0 bridgehead atoms. The van der Waals surface area contributed by atoms with Crippen molar-refractivity contribution < 1.29 is 8.78 Å². The molecule has 2 heterocycles. The molecule has 0 aliphatic heterocycles. The standard InChI is InChI=1S/C13H9F2N3/c1-8-2-3-12-16-13(17-18(12)7-8)9-4-10(14)6-11(15)5-9/h2-7H,1H3. The third kappa shape index (κ3) is 1.84. The van der Waals surface area contributed by atoms with E-state index in [0.717, 1.165) is 11.6 Å². The van der Waals surface area contributed by atoms with E-state index in [1.165, 1.54) is 12.1 Å². The van der Waals surface area contributed by atoms with Gasteiger partial charge < -0.3 is 0 Å². The van der Waals surface area contributed by atoms with Gasteiger partial charge in [-0.2, -0.15) is 0 Å². The molecule has 0 atom stereocenters. The third-order valence-electron chi connectivity index (χ3n) is 2.60. The van der Waals surface area contributed by atoms with E-state index >= 15 is 0 Å². The summed E-state index contributed by atoms with van der Waals surface area (Å²) in [5.41, 5.74) is 2.00. The third-order valence-corrected chi connectivity index (χ3v) is 2.60. The minimum Gasteiger partial charge on any atom is -0.220 e. The van der Waals surface area contributed by atoms with Crippen LogP contribution in [-0.2, 0) is 0 Å². The molecule has 18 heavy (non-hydrogen) atoms. The number of nitrogens with zero attached hydrogens (tertiary/aromatic N) is 3. The number of rotatable bonds is 1. The van der Waals surface area contributed by atoms with E-state index in [1.807, 2.05) is 25.3 Å². The Morgan fingerprint density at radius 2 is 1.78 bits per heavy atom. The summed E-state index contributed by atoms with van der Waals surface area (Å²) in [6.45, 7) is 1.93. The fourth-order valence-electron chi connectivity index (χ4n) is 1.79. The summed E-state index contributed by atoms with van der Waals surface area (Å²) in [6.07, 6.45) is 1.81. The molecular weight excluding hydrogens is 236 g/mol. The number of hydrogen-bond acceptors (Lipinski definition) is 2. The van der Waals surface area contributed by atoms with E-state index in [-0.39, 0.29) is 0 Å². The van der Waals surface area contributed by atoms with Crippen molar-refractivity contribution in [1.82, 2.24) is 14.6 Å². The van der Waals surface area contributed by atoms with E-state index in [4.69, 9.17) is 0 Å². The minimum absolute atomic E-state index is 0.305. The summed E-state index contributed by atoms with van der Waals surface area (Å²) in [7, 11) is 0. The van der Waals surface area contributed by atoms with Crippen LogP contribution in [0.3, 0.4) is 0 Å². The van der Waals surface area contributed by atoms with Gasteiger partial charge in [0.25, 0.3) is 0 Å². The lowest BCUT2D eigenvalue weighted by molar-refractivity contribution is 0.584. The van der Waals surface area contributed by atoms with Gasteiger partial charge in [0.2, 0.25) is 0 Å². The second-order valence-corrected chi connectivity index (χ2v) is 4.10. The van der Waals surface area contributed by atoms with Gasteiger partial charge in [0, 0.05) is 17.8 Å². The van der Waals surface area contributed by atoms with Crippen molar-refractivity contribution in [2.45, 2.75) is 6.92 Å². The number of aromatic nitrogens is 3. The molecule has 5 heteroatoms. The fraction of sp³-hybridized carbons (Fsp3) is 0.0769. The second-order valence-electron chi connectivity index (χ2n) is 4.10. The van der Waals surface area contributed by atoms with Gasteiger partial charge >= 0.3 is 0 Å². The predicted molar refractivity (Wildman–Crippen MR) is 63.1 cm³/mol. The lowest BCUT2D eigenvalue weighted by atomic mass is 10.2. The molecule has 0 aliphatic rings. The highest BCUT2D eigenvalue weighted by Gasteiger charge is 2.09. The average Bonchev–Trinajstić information content (AvgIpc) is 2.70. The minimum atomic E-state index is -0.639. The van der Waals surface area contributed by atoms with Crippen LogP contribution in [0.25, 0.3) is 17.0 Å². The van der Waals surface area contributed by atoms with Gasteiger partial charge in [0.15, 0.2) is 11.5 Å². The number of halogens is 2. The van der Waals surface area contributed by atoms with Crippen LogP contribution < -0.4 is 0 Å². The molecule has 0 aliphatic carbocycles. The number of benzene rings is 1. The summed E-state index contributed by atoms with van der Waals surface area (Å²) in [6, 6.07) is 6.96. The second kappa shape index (κ2) is 3.87. The van der Waals surface area contributed by atoms with E-state index in [0.29, 0.717) is 17.0 Å². The number of aryl methyl sites for hydroxylation is 1. The van der Waals surface area contributed by atoms with Gasteiger partial charge in [-0.15, -0.1) is 5.10 Å². The van der Waals surface area contributed by atoms with Crippen LogP contribution in [0.5, 0.6) is 0 Å². The first-order valence-corrected chi connectivity index (χ1v) is 5.41. The predicted octanol–water partition coefficient (Wildman–Crippen LogP) is 2.98. The maximum absolute atomic E-state index is 13.1. The SMILES string of the molecule is Cc1ccc2nc(-c3cc(F)cc(F)c3)nn2c1. The summed E-state index contributed by atoms with van der Waals surface area (Å²) in [5.74, 6) is -0.973. The number of pyridine rings is 1. The van der Waals surface area contributed by atoms with Crippen molar-refractivity contribution in [3.8, 4) is 11.4 Å². The summed E-state index contributed by atoms with van der Waals surface area (Å²) in [4.78, 5) is 4.22. The van der Waals surface area contributed by atoms with Crippen LogP contribution in [0.2, 0.25) is 0 Å². The first kappa shape index (κ1) is 10.8. The highest BCUT2D eigenvalue weighted by molar-refractivity contribution is 5.58. The molecule has 0 N–H and O–H groups in total. The lowest BCUT2D eigenvalue weighted by Gasteiger charge is -1.95. The van der Waals surface area contributed by atoms with Crippen LogP contribution in [0.15, 0.2) is 36.5 Å². The van der Waals surface area contributed by atoms with Crippen molar-refractivity contribution >= 4 is 5.65 Å². The topological polar surface area (TPSA) is 30.2 Å². The molecule has 0 fully saturated rings. The summed E-state index contributed by atoms with van der Waals surface area (Å²) in [5, 5.41) is 4.20. The Hall–Kier alpha value is -2.30. The van der Waals surface area contributed by atoms with E-state index in [2.05, 4.69) is 10.1 Å². The smallest absolute Gasteiger partial charge is 0.182 e. The molecule has 2 aromatic heterocycles. The molecule has 3 nitrogen and oxygen atoms in total. The Morgan fingerprint density at radius 1 is 1.06 bits per heavy atom. The fourth-order valence-corrected chi connectivity index (χ4v) is 1.79. The monoisotopic (exact) mass is 245 g/mol. The van der Waals surface area contributed by atoms with Crippen molar-refractivity contribution in [2.75, 3.05) is 0 Å². The van der Waals surface area contributed by atoms with Crippen LogP contribution in [0.4, 0.5) is 8.78 Å². The molecular formula is C13H9F2N3. The highest BCUT2D eigenvalue weighted by atomic mass is 19.1. The van der Waals surface area contributed by atoms with Gasteiger partial charge in [0.1, 0.15) is 11.6 Å². The van der Waals surface area contributed by atoms with Crippen molar-refractivity contribution in [3.63, 3.8) is 0 Å². The molecule has 90 valence electrons. The molecule has 0 radical (unpaired) electrons. The summed E-state index contributed by atoms with van der Waals surface area (Å²) < 4.78 is 27.9. The van der Waals surface area contributed by atoms with E-state index in [9.17, 15) is 8.78 Å². The molecule has 1 aromatic carbocycles. The maximum atomic E-state index is 13.1. The van der Waals surface area contributed by atoms with Crippen LogP contribution in [0, 0.1) is 18.6 Å². The Bertz CT molecular complexity index is 714. The zero-order valence-electron chi connectivity index (χ0n) is 9.56. The summed E-state index contributed by atoms with van der Waals surface area (Å²) >= 11 is 0. The Labute approximate surface area is 102 Å². The van der Waals surface area contributed by atoms with Gasteiger partial charge in [-0.3, -0.25) is 0 Å².